The van der Waals surface area contributed by atoms with Gasteiger partial charge < -0.3 is 15.0 Å². The molecule has 1 aliphatic heterocycles. The van der Waals surface area contributed by atoms with Gasteiger partial charge in [-0.05, 0) is 64.0 Å². The summed E-state index contributed by atoms with van der Waals surface area (Å²) < 4.78 is 5.65. The van der Waals surface area contributed by atoms with Crippen molar-refractivity contribution >= 4 is 11.7 Å². The van der Waals surface area contributed by atoms with Crippen LogP contribution in [-0.2, 0) is 14.3 Å². The van der Waals surface area contributed by atoms with E-state index in [4.69, 9.17) is 4.74 Å². The molecule has 1 spiro atoms. The first kappa shape index (κ1) is 21.4. The first-order valence-electron chi connectivity index (χ1n) is 10.6. The highest BCUT2D eigenvalue weighted by molar-refractivity contribution is 5.80. The third kappa shape index (κ3) is 6.34. The standard InChI is InChI=1S/C21H38N2O3/c1-4-22-20(25)18-5-8-21(9-6-18)10-12-23(13-11-21)14-16-26-15-7-19(24)17(2)3/h17-18H,4-16H2,1-3H3,(H,22,25). The molecule has 5 nitrogen and oxygen atoms in total. The highest BCUT2D eigenvalue weighted by atomic mass is 16.5. The van der Waals surface area contributed by atoms with E-state index in [1.807, 2.05) is 20.8 Å². The minimum absolute atomic E-state index is 0.111. The summed E-state index contributed by atoms with van der Waals surface area (Å²) in [5.41, 5.74) is 0.476. The van der Waals surface area contributed by atoms with Crippen molar-refractivity contribution in [3.05, 3.63) is 0 Å². The highest BCUT2D eigenvalue weighted by Crippen LogP contribution is 2.46. The third-order valence-corrected chi connectivity index (χ3v) is 6.37. The van der Waals surface area contributed by atoms with E-state index in [0.717, 1.165) is 45.6 Å². The zero-order valence-corrected chi connectivity index (χ0v) is 17.0. The maximum Gasteiger partial charge on any atom is 0.223 e. The first-order valence-corrected chi connectivity index (χ1v) is 10.6. The molecule has 1 heterocycles. The van der Waals surface area contributed by atoms with Crippen LogP contribution in [0.3, 0.4) is 0 Å². The molecule has 5 heteroatoms. The number of likely N-dealkylation sites (tertiary alicyclic amines) is 1. The number of ether oxygens (including phenoxy) is 1. The average molecular weight is 367 g/mol. The van der Waals surface area contributed by atoms with Gasteiger partial charge in [-0.25, -0.2) is 0 Å². The molecule has 0 aromatic rings. The summed E-state index contributed by atoms with van der Waals surface area (Å²) in [6.07, 6.45) is 7.56. The van der Waals surface area contributed by atoms with Crippen molar-refractivity contribution in [2.45, 2.75) is 65.7 Å². The van der Waals surface area contributed by atoms with Crippen LogP contribution in [0.4, 0.5) is 0 Å². The fraction of sp³-hybridized carbons (Fsp3) is 0.905. The first-order chi connectivity index (χ1) is 12.5. The number of Topliss-reactive ketones (excluding diaryl/α,β-unsaturated/α-hetero) is 1. The second-order valence-electron chi connectivity index (χ2n) is 8.49. The number of hydrogen-bond donors (Lipinski definition) is 1. The van der Waals surface area contributed by atoms with Crippen molar-refractivity contribution < 1.29 is 14.3 Å². The van der Waals surface area contributed by atoms with Gasteiger partial charge in [0.1, 0.15) is 5.78 Å². The number of nitrogens with zero attached hydrogens (tertiary/aromatic N) is 1. The van der Waals surface area contributed by atoms with Crippen LogP contribution >= 0.6 is 0 Å². The van der Waals surface area contributed by atoms with Crippen molar-refractivity contribution in [2.75, 3.05) is 39.4 Å². The number of hydrogen-bond acceptors (Lipinski definition) is 4. The van der Waals surface area contributed by atoms with E-state index in [2.05, 4.69) is 10.2 Å². The lowest BCUT2D eigenvalue weighted by Crippen LogP contribution is -2.44. The van der Waals surface area contributed by atoms with Crippen LogP contribution in [0.1, 0.15) is 65.7 Å². The molecule has 0 unspecified atom stereocenters. The quantitative estimate of drug-likeness (QED) is 0.637. The van der Waals surface area contributed by atoms with Crippen LogP contribution in [0.5, 0.6) is 0 Å². The number of nitrogens with one attached hydrogen (secondary N) is 1. The topological polar surface area (TPSA) is 58.6 Å². The van der Waals surface area contributed by atoms with Crippen LogP contribution in [0.15, 0.2) is 0 Å². The average Bonchev–Trinajstić information content (AvgIpc) is 2.63. The molecule has 2 aliphatic rings. The van der Waals surface area contributed by atoms with Crippen LogP contribution in [0.2, 0.25) is 0 Å². The molecule has 1 aliphatic carbocycles. The fourth-order valence-corrected chi connectivity index (χ4v) is 4.32. The second kappa shape index (κ2) is 10.4. The number of carbonyl (C=O) groups excluding carboxylic acids is 2. The van der Waals surface area contributed by atoms with E-state index in [9.17, 15) is 9.59 Å². The van der Waals surface area contributed by atoms with Gasteiger partial charge in [0.05, 0.1) is 13.2 Å². The molecule has 1 saturated heterocycles. The van der Waals surface area contributed by atoms with Crippen LogP contribution in [0, 0.1) is 17.3 Å². The van der Waals surface area contributed by atoms with Gasteiger partial charge >= 0.3 is 0 Å². The van der Waals surface area contributed by atoms with Gasteiger partial charge in [-0.15, -0.1) is 0 Å². The molecular formula is C21H38N2O3. The largest absolute Gasteiger partial charge is 0.380 e. The highest BCUT2D eigenvalue weighted by Gasteiger charge is 2.39. The predicted octanol–water partition coefficient (Wildman–Crippen LogP) is 3.03. The van der Waals surface area contributed by atoms with Gasteiger partial charge in [-0.3, -0.25) is 9.59 Å². The molecule has 0 aromatic heterocycles. The van der Waals surface area contributed by atoms with Crippen LogP contribution < -0.4 is 5.32 Å². The van der Waals surface area contributed by atoms with Gasteiger partial charge in [0, 0.05) is 31.3 Å². The van der Waals surface area contributed by atoms with E-state index in [0.29, 0.717) is 18.4 Å². The van der Waals surface area contributed by atoms with Crippen molar-refractivity contribution in [3.63, 3.8) is 0 Å². The number of amides is 1. The summed E-state index contributed by atoms with van der Waals surface area (Å²) in [7, 11) is 0. The normalized spacial score (nSPS) is 21.2. The lowest BCUT2D eigenvalue weighted by Gasteiger charge is -2.45. The molecule has 2 fully saturated rings. The second-order valence-corrected chi connectivity index (χ2v) is 8.49. The summed E-state index contributed by atoms with van der Waals surface area (Å²) >= 11 is 0. The predicted molar refractivity (Wildman–Crippen MR) is 104 cm³/mol. The lowest BCUT2D eigenvalue weighted by molar-refractivity contribution is -0.127. The van der Waals surface area contributed by atoms with Gasteiger partial charge in [0.2, 0.25) is 5.91 Å². The molecule has 1 N–H and O–H groups in total. The summed E-state index contributed by atoms with van der Waals surface area (Å²) in [6.45, 7) is 11.1. The van der Waals surface area contributed by atoms with Crippen molar-refractivity contribution in [1.82, 2.24) is 10.2 Å². The molecule has 0 bridgehead atoms. The Labute approximate surface area is 159 Å². The van der Waals surface area contributed by atoms with Gasteiger partial charge in [-0.1, -0.05) is 13.8 Å². The van der Waals surface area contributed by atoms with Gasteiger partial charge in [0.15, 0.2) is 0 Å². The van der Waals surface area contributed by atoms with Crippen LogP contribution in [-0.4, -0.2) is 56.0 Å². The number of piperidine rings is 1. The van der Waals surface area contributed by atoms with Crippen molar-refractivity contribution in [2.24, 2.45) is 17.3 Å². The van der Waals surface area contributed by atoms with E-state index in [1.165, 1.54) is 25.7 Å². The number of ketones is 1. The molecule has 0 radical (unpaired) electrons. The van der Waals surface area contributed by atoms with E-state index >= 15 is 0 Å². The molecule has 1 amide bonds. The van der Waals surface area contributed by atoms with Gasteiger partial charge in [0.25, 0.3) is 0 Å². The molecule has 150 valence electrons. The molecule has 2 rings (SSSR count). The van der Waals surface area contributed by atoms with Crippen molar-refractivity contribution in [1.29, 1.82) is 0 Å². The smallest absolute Gasteiger partial charge is 0.223 e. The third-order valence-electron chi connectivity index (χ3n) is 6.37. The Balaban J connectivity index is 1.59. The summed E-state index contributed by atoms with van der Waals surface area (Å²) in [4.78, 5) is 26.1. The Morgan fingerprint density at radius 2 is 1.77 bits per heavy atom. The van der Waals surface area contributed by atoms with Gasteiger partial charge in [-0.2, -0.15) is 0 Å². The Morgan fingerprint density at radius 3 is 2.35 bits per heavy atom. The molecule has 0 atom stereocenters. The van der Waals surface area contributed by atoms with E-state index < -0.39 is 0 Å². The maximum absolute atomic E-state index is 12.0. The minimum Gasteiger partial charge on any atom is -0.380 e. The lowest BCUT2D eigenvalue weighted by atomic mass is 9.65. The molecular weight excluding hydrogens is 328 g/mol. The number of carbonyl (C=O) groups is 2. The monoisotopic (exact) mass is 366 g/mol. The molecule has 26 heavy (non-hydrogen) atoms. The maximum atomic E-state index is 12.0. The SMILES string of the molecule is CCNC(=O)C1CCC2(CC1)CCN(CCOCCC(=O)C(C)C)CC2. The summed E-state index contributed by atoms with van der Waals surface area (Å²) in [5.74, 6) is 0.890. The Morgan fingerprint density at radius 1 is 1.12 bits per heavy atom. The van der Waals surface area contributed by atoms with E-state index in [-0.39, 0.29) is 23.5 Å². The Hall–Kier alpha value is -0.940. The van der Waals surface area contributed by atoms with E-state index in [1.54, 1.807) is 0 Å². The Bertz CT molecular complexity index is 446. The molecule has 1 saturated carbocycles. The summed E-state index contributed by atoms with van der Waals surface area (Å²) in [5, 5.41) is 2.98. The minimum atomic E-state index is 0.111. The zero-order chi connectivity index (χ0) is 19.0. The zero-order valence-electron chi connectivity index (χ0n) is 17.0. The van der Waals surface area contributed by atoms with Crippen LogP contribution in [0.25, 0.3) is 0 Å². The van der Waals surface area contributed by atoms with Crippen molar-refractivity contribution in [3.8, 4) is 0 Å². The fourth-order valence-electron chi connectivity index (χ4n) is 4.32. The summed E-state index contributed by atoms with van der Waals surface area (Å²) in [6, 6.07) is 0. The molecule has 0 aromatic carbocycles. The Kier molecular flexibility index (Phi) is 8.55. The number of rotatable bonds is 9.